The van der Waals surface area contributed by atoms with Gasteiger partial charge >= 0.3 is 0 Å². The number of hydrogen-bond acceptors (Lipinski definition) is 5. The van der Waals surface area contributed by atoms with E-state index in [9.17, 15) is 9.59 Å². The molecule has 0 radical (unpaired) electrons. The van der Waals surface area contributed by atoms with Gasteiger partial charge in [0.2, 0.25) is 0 Å². The van der Waals surface area contributed by atoms with E-state index in [0.29, 0.717) is 37.2 Å². The normalized spacial score (nSPS) is 36.3. The van der Waals surface area contributed by atoms with Gasteiger partial charge in [-0.1, -0.05) is 26.0 Å². The summed E-state index contributed by atoms with van der Waals surface area (Å²) < 4.78 is 12.3. The van der Waals surface area contributed by atoms with Gasteiger partial charge in [-0.05, 0) is 30.9 Å². The van der Waals surface area contributed by atoms with Crippen molar-refractivity contribution in [1.29, 1.82) is 0 Å². The first-order valence-corrected chi connectivity index (χ1v) is 9.76. The van der Waals surface area contributed by atoms with Crippen LogP contribution in [0.2, 0.25) is 0 Å². The average Bonchev–Trinajstić information content (AvgIpc) is 3.15. The lowest BCUT2D eigenvalue weighted by molar-refractivity contribution is -0.297. The first kappa shape index (κ1) is 17.3. The first-order chi connectivity index (χ1) is 12.7. The van der Waals surface area contributed by atoms with Gasteiger partial charge in [0.1, 0.15) is 0 Å². The predicted molar refractivity (Wildman–Crippen MR) is 98.0 cm³/mol. The molecule has 2 aliphatic carbocycles. The van der Waals surface area contributed by atoms with Gasteiger partial charge in [0.15, 0.2) is 5.79 Å². The summed E-state index contributed by atoms with van der Waals surface area (Å²) in [7, 11) is 0. The smallest absolute Gasteiger partial charge is 0.261 e. The van der Waals surface area contributed by atoms with E-state index in [2.05, 4.69) is 13.8 Å². The van der Waals surface area contributed by atoms with Crippen LogP contribution in [0, 0.1) is 11.3 Å². The first-order valence-electron chi connectivity index (χ1n) is 9.76. The molecule has 27 heavy (non-hydrogen) atoms. The Bertz CT molecular complexity index is 790. The Morgan fingerprint density at radius 2 is 1.63 bits per heavy atom. The third kappa shape index (κ3) is 2.50. The van der Waals surface area contributed by atoms with Gasteiger partial charge in [0.25, 0.3) is 11.8 Å². The minimum absolute atomic E-state index is 0.0212. The van der Waals surface area contributed by atoms with E-state index in [1.165, 1.54) is 4.90 Å². The van der Waals surface area contributed by atoms with Crippen LogP contribution >= 0.6 is 0 Å². The maximum Gasteiger partial charge on any atom is 0.261 e. The number of nitrogens with zero attached hydrogens (tertiary/aromatic N) is 1. The number of benzene rings is 1. The van der Waals surface area contributed by atoms with E-state index < -0.39 is 11.3 Å². The molecular weight excluding hydrogens is 344 g/mol. The highest BCUT2D eigenvalue weighted by molar-refractivity contribution is 6.21. The summed E-state index contributed by atoms with van der Waals surface area (Å²) in [5.74, 6) is -0.785. The molecule has 0 unspecified atom stereocenters. The average molecular weight is 370 g/mol. The van der Waals surface area contributed by atoms with Crippen LogP contribution in [0.25, 0.3) is 0 Å². The van der Waals surface area contributed by atoms with Crippen molar-refractivity contribution in [3.05, 3.63) is 35.4 Å². The van der Waals surface area contributed by atoms with E-state index in [1.807, 2.05) is 0 Å². The summed E-state index contributed by atoms with van der Waals surface area (Å²) in [4.78, 5) is 27.0. The van der Waals surface area contributed by atoms with Crippen LogP contribution < -0.4 is 5.73 Å². The summed E-state index contributed by atoms with van der Waals surface area (Å²) in [6, 6.07) is 6.90. The monoisotopic (exact) mass is 370 g/mol. The van der Waals surface area contributed by atoms with Crippen LogP contribution in [0.1, 0.15) is 60.2 Å². The number of hydrogen-bond donors (Lipinski definition) is 1. The Kier molecular flexibility index (Phi) is 3.47. The van der Waals surface area contributed by atoms with Crippen LogP contribution in [0.5, 0.6) is 0 Å². The Labute approximate surface area is 159 Å². The maximum atomic E-state index is 12.8. The summed E-state index contributed by atoms with van der Waals surface area (Å²) in [5.41, 5.74) is 7.35. The number of nitrogens with two attached hydrogens (primary N) is 1. The lowest BCUT2D eigenvalue weighted by Gasteiger charge is -2.42. The maximum absolute atomic E-state index is 12.8. The van der Waals surface area contributed by atoms with Crippen LogP contribution in [0.4, 0.5) is 0 Å². The highest BCUT2D eigenvalue weighted by Crippen LogP contribution is 2.55. The highest BCUT2D eigenvalue weighted by atomic mass is 16.7. The van der Waals surface area contributed by atoms with E-state index in [0.717, 1.165) is 12.8 Å². The number of amides is 2. The molecule has 1 spiro atoms. The standard InChI is InChI=1S/C21H26N2O4/c1-19(2)11-26-21(27-12-19)8-13-7-14(9-20(13,22)10-21)23-17(24)15-5-3-4-6-16(15)18(23)25/h3-6,13-14H,7-12,22H2,1-2H3/t13-,14+,20-/m1/s1. The zero-order chi connectivity index (χ0) is 19.0. The number of carbonyl (C=O) groups excluding carboxylic acids is 2. The van der Waals surface area contributed by atoms with Crippen molar-refractivity contribution in [3.8, 4) is 0 Å². The zero-order valence-corrected chi connectivity index (χ0v) is 15.9. The largest absolute Gasteiger partial charge is 0.349 e. The predicted octanol–water partition coefficient (Wildman–Crippen LogP) is 2.32. The number of imide groups is 1. The van der Waals surface area contributed by atoms with E-state index in [1.54, 1.807) is 24.3 Å². The third-order valence-corrected chi connectivity index (χ3v) is 6.78. The molecule has 6 nitrogen and oxygen atoms in total. The minimum atomic E-state index is -0.595. The third-order valence-electron chi connectivity index (χ3n) is 6.78. The Morgan fingerprint density at radius 3 is 2.19 bits per heavy atom. The molecule has 2 aliphatic heterocycles. The van der Waals surface area contributed by atoms with Crippen LogP contribution in [-0.4, -0.2) is 47.3 Å². The Morgan fingerprint density at radius 1 is 1.04 bits per heavy atom. The van der Waals surface area contributed by atoms with Gasteiger partial charge in [-0.25, -0.2) is 0 Å². The van der Waals surface area contributed by atoms with Crippen molar-refractivity contribution in [2.24, 2.45) is 17.1 Å². The summed E-state index contributed by atoms with van der Waals surface area (Å²) in [6.45, 7) is 5.59. The molecule has 0 bridgehead atoms. The molecule has 1 saturated heterocycles. The minimum Gasteiger partial charge on any atom is -0.349 e. The second-order valence-electron chi connectivity index (χ2n) is 9.58. The van der Waals surface area contributed by atoms with Gasteiger partial charge in [-0.3, -0.25) is 14.5 Å². The number of rotatable bonds is 1. The van der Waals surface area contributed by atoms with Crippen molar-refractivity contribution < 1.29 is 19.1 Å². The SMILES string of the molecule is CC1(C)COC2(C[C@H]3C[C@H](N4C(=O)c5ccccc5C4=O)C[C@@]3(N)C2)OC1. The molecule has 5 rings (SSSR count). The molecule has 2 heterocycles. The van der Waals surface area contributed by atoms with Gasteiger partial charge in [0.05, 0.1) is 24.3 Å². The van der Waals surface area contributed by atoms with E-state index in [-0.39, 0.29) is 29.2 Å². The molecule has 0 aromatic heterocycles. The van der Waals surface area contributed by atoms with Gasteiger partial charge < -0.3 is 15.2 Å². The van der Waals surface area contributed by atoms with Crippen LogP contribution in [-0.2, 0) is 9.47 Å². The van der Waals surface area contributed by atoms with Crippen molar-refractivity contribution in [1.82, 2.24) is 4.90 Å². The zero-order valence-electron chi connectivity index (χ0n) is 15.9. The number of fused-ring (bicyclic) bond motifs is 2. The fourth-order valence-electron chi connectivity index (χ4n) is 5.40. The molecule has 2 N–H and O–H groups in total. The molecule has 2 saturated carbocycles. The quantitative estimate of drug-likeness (QED) is 0.767. The molecule has 4 aliphatic rings. The Balaban J connectivity index is 1.34. The lowest BCUT2D eigenvalue weighted by Crippen LogP contribution is -2.50. The summed E-state index contributed by atoms with van der Waals surface area (Å²) in [6.07, 6.45) is 2.69. The molecular formula is C21H26N2O4. The number of carbonyl (C=O) groups is 2. The molecule has 1 aromatic carbocycles. The van der Waals surface area contributed by atoms with Crippen LogP contribution in [0.15, 0.2) is 24.3 Å². The second kappa shape index (κ2) is 5.40. The fourth-order valence-corrected chi connectivity index (χ4v) is 5.40. The lowest BCUT2D eigenvalue weighted by atomic mass is 9.91. The van der Waals surface area contributed by atoms with Gasteiger partial charge in [-0.2, -0.15) is 0 Å². The summed E-state index contributed by atoms with van der Waals surface area (Å²) >= 11 is 0. The van der Waals surface area contributed by atoms with Gasteiger partial charge in [0, 0.05) is 29.8 Å². The highest BCUT2D eigenvalue weighted by Gasteiger charge is 2.61. The van der Waals surface area contributed by atoms with E-state index in [4.69, 9.17) is 15.2 Å². The second-order valence-corrected chi connectivity index (χ2v) is 9.58. The topological polar surface area (TPSA) is 81.9 Å². The van der Waals surface area contributed by atoms with Crippen molar-refractivity contribution >= 4 is 11.8 Å². The molecule has 6 heteroatoms. The summed E-state index contributed by atoms with van der Waals surface area (Å²) in [5, 5.41) is 0. The molecule has 3 fully saturated rings. The fraction of sp³-hybridized carbons (Fsp3) is 0.619. The molecule has 3 atom stereocenters. The van der Waals surface area contributed by atoms with E-state index >= 15 is 0 Å². The van der Waals surface area contributed by atoms with Gasteiger partial charge in [-0.15, -0.1) is 0 Å². The van der Waals surface area contributed by atoms with Crippen LogP contribution in [0.3, 0.4) is 0 Å². The molecule has 144 valence electrons. The van der Waals surface area contributed by atoms with Crippen molar-refractivity contribution in [2.45, 2.75) is 56.9 Å². The van der Waals surface area contributed by atoms with Crippen molar-refractivity contribution in [3.63, 3.8) is 0 Å². The number of ether oxygens (including phenoxy) is 2. The Hall–Kier alpha value is -1.76. The molecule has 1 aromatic rings. The van der Waals surface area contributed by atoms with Crippen molar-refractivity contribution in [2.75, 3.05) is 13.2 Å². The molecule has 2 amide bonds.